The molecule has 32 heavy (non-hydrogen) atoms. The van der Waals surface area contributed by atoms with Gasteiger partial charge in [0.25, 0.3) is 0 Å². The molecule has 2 atom stereocenters. The molecule has 0 saturated carbocycles. The van der Waals surface area contributed by atoms with Crippen LogP contribution in [-0.2, 0) is 16.0 Å². The molecule has 0 amide bonds. The topological polar surface area (TPSA) is 82.1 Å². The lowest BCUT2D eigenvalue weighted by Gasteiger charge is -2.16. The highest BCUT2D eigenvalue weighted by atomic mass is 16.5. The third-order valence-electron chi connectivity index (χ3n) is 4.88. The number of ether oxygens (including phenoxy) is 3. The molecule has 0 aromatic heterocycles. The molecule has 166 valence electrons. The van der Waals surface area contributed by atoms with E-state index in [2.05, 4.69) is 0 Å². The minimum atomic E-state index is -0.990. The van der Waals surface area contributed by atoms with Crippen molar-refractivity contribution in [1.82, 2.24) is 0 Å². The van der Waals surface area contributed by atoms with Crippen molar-refractivity contribution in [2.24, 2.45) is 0 Å². The van der Waals surface area contributed by atoms with Crippen LogP contribution in [0.3, 0.4) is 0 Å². The summed E-state index contributed by atoms with van der Waals surface area (Å²) in [6, 6.07) is 23.4. The zero-order chi connectivity index (χ0) is 22.9. The lowest BCUT2D eigenvalue weighted by atomic mass is 10.0. The van der Waals surface area contributed by atoms with Gasteiger partial charge in [-0.25, -0.2) is 4.79 Å². The van der Waals surface area contributed by atoms with Gasteiger partial charge in [0.1, 0.15) is 24.2 Å². The first kappa shape index (κ1) is 23.0. The first-order valence-corrected chi connectivity index (χ1v) is 10.3. The SMILES string of the molecule is CO[C@@H](Cc1ccc(OC[C@@H](C)Oc2ccc(C(=O)c3ccccc3)cc2)cc1)C(=O)O. The molecule has 0 heterocycles. The maximum atomic E-state index is 12.5. The molecule has 0 aliphatic carbocycles. The van der Waals surface area contributed by atoms with Gasteiger partial charge in [0.2, 0.25) is 0 Å². The Morgan fingerprint density at radius 1 is 0.844 bits per heavy atom. The molecule has 3 rings (SSSR count). The number of hydrogen-bond acceptors (Lipinski definition) is 5. The van der Waals surface area contributed by atoms with Gasteiger partial charge in [-0.05, 0) is 48.9 Å². The fourth-order valence-corrected chi connectivity index (χ4v) is 3.13. The fourth-order valence-electron chi connectivity index (χ4n) is 3.13. The molecule has 1 N–H and O–H groups in total. The van der Waals surface area contributed by atoms with Crippen LogP contribution in [-0.4, -0.2) is 42.8 Å². The summed E-state index contributed by atoms with van der Waals surface area (Å²) in [5, 5.41) is 9.07. The monoisotopic (exact) mass is 434 g/mol. The summed E-state index contributed by atoms with van der Waals surface area (Å²) in [6.45, 7) is 2.23. The van der Waals surface area contributed by atoms with E-state index in [0.29, 0.717) is 29.2 Å². The molecular weight excluding hydrogens is 408 g/mol. The number of carboxylic acids is 1. The van der Waals surface area contributed by atoms with E-state index in [0.717, 1.165) is 5.56 Å². The molecule has 6 nitrogen and oxygen atoms in total. The molecular formula is C26H26O6. The van der Waals surface area contributed by atoms with Crippen LogP contribution in [0.1, 0.15) is 28.4 Å². The van der Waals surface area contributed by atoms with Crippen molar-refractivity contribution >= 4 is 11.8 Å². The van der Waals surface area contributed by atoms with Crippen molar-refractivity contribution in [2.45, 2.75) is 25.6 Å². The number of aliphatic carboxylic acids is 1. The normalized spacial score (nSPS) is 12.6. The van der Waals surface area contributed by atoms with Crippen LogP contribution in [0.5, 0.6) is 11.5 Å². The Morgan fingerprint density at radius 2 is 1.44 bits per heavy atom. The number of hydrogen-bond donors (Lipinski definition) is 1. The van der Waals surface area contributed by atoms with Gasteiger partial charge in [-0.15, -0.1) is 0 Å². The Balaban J connectivity index is 1.49. The smallest absolute Gasteiger partial charge is 0.333 e. The van der Waals surface area contributed by atoms with Crippen LogP contribution < -0.4 is 9.47 Å². The van der Waals surface area contributed by atoms with E-state index in [-0.39, 0.29) is 18.3 Å². The second-order valence-corrected chi connectivity index (χ2v) is 7.37. The summed E-state index contributed by atoms with van der Waals surface area (Å²) in [4.78, 5) is 23.5. The summed E-state index contributed by atoms with van der Waals surface area (Å²) in [7, 11) is 1.38. The third kappa shape index (κ3) is 6.43. The van der Waals surface area contributed by atoms with E-state index in [1.165, 1.54) is 7.11 Å². The highest BCUT2D eigenvalue weighted by Gasteiger charge is 2.16. The maximum absolute atomic E-state index is 12.5. The number of ketones is 1. The van der Waals surface area contributed by atoms with E-state index in [1.807, 2.05) is 37.3 Å². The standard InChI is InChI=1S/C26H26O6/c1-18(17-31-22-12-8-19(9-13-22)16-24(30-2)26(28)29)32-23-14-10-21(11-15-23)25(27)20-6-4-3-5-7-20/h3-15,18,24H,16-17H2,1-2H3,(H,28,29)/t18-,24+/m1/s1. The van der Waals surface area contributed by atoms with Gasteiger partial charge in [-0.3, -0.25) is 4.79 Å². The van der Waals surface area contributed by atoms with Gasteiger partial charge in [0, 0.05) is 24.7 Å². The Morgan fingerprint density at radius 3 is 2.03 bits per heavy atom. The van der Waals surface area contributed by atoms with E-state index >= 15 is 0 Å². The average molecular weight is 434 g/mol. The van der Waals surface area contributed by atoms with Crippen LogP contribution in [0.4, 0.5) is 0 Å². The first-order chi connectivity index (χ1) is 15.5. The minimum absolute atomic E-state index is 0.0304. The minimum Gasteiger partial charge on any atom is -0.490 e. The Labute approximate surface area is 187 Å². The fraction of sp³-hybridized carbons (Fsp3) is 0.231. The Hall–Kier alpha value is -3.64. The second-order valence-electron chi connectivity index (χ2n) is 7.37. The van der Waals surface area contributed by atoms with E-state index in [9.17, 15) is 9.59 Å². The number of carbonyl (C=O) groups excluding carboxylic acids is 1. The highest BCUT2D eigenvalue weighted by Crippen LogP contribution is 2.18. The van der Waals surface area contributed by atoms with Gasteiger partial charge < -0.3 is 19.3 Å². The molecule has 0 bridgehead atoms. The van der Waals surface area contributed by atoms with Crippen molar-refractivity contribution in [3.63, 3.8) is 0 Å². The first-order valence-electron chi connectivity index (χ1n) is 10.3. The summed E-state index contributed by atoms with van der Waals surface area (Å²) >= 11 is 0. The van der Waals surface area contributed by atoms with Gasteiger partial charge in [0.15, 0.2) is 11.9 Å². The molecule has 0 aliphatic rings. The zero-order valence-corrected chi connectivity index (χ0v) is 18.1. The Bertz CT molecular complexity index is 1010. The van der Waals surface area contributed by atoms with Crippen molar-refractivity contribution in [3.05, 3.63) is 95.6 Å². The zero-order valence-electron chi connectivity index (χ0n) is 18.1. The highest BCUT2D eigenvalue weighted by molar-refractivity contribution is 6.08. The quantitative estimate of drug-likeness (QED) is 0.450. The number of carboxylic acid groups (broad SMARTS) is 1. The van der Waals surface area contributed by atoms with Crippen molar-refractivity contribution in [3.8, 4) is 11.5 Å². The summed E-state index contributed by atoms with van der Waals surface area (Å²) in [6.07, 6.45) is -0.797. The average Bonchev–Trinajstić information content (AvgIpc) is 2.82. The molecule has 0 unspecified atom stereocenters. The van der Waals surface area contributed by atoms with Crippen LogP contribution >= 0.6 is 0 Å². The van der Waals surface area contributed by atoms with Crippen molar-refractivity contribution < 1.29 is 28.9 Å². The van der Waals surface area contributed by atoms with E-state index in [1.54, 1.807) is 48.5 Å². The molecule has 6 heteroatoms. The number of methoxy groups -OCH3 is 1. The largest absolute Gasteiger partial charge is 0.490 e. The van der Waals surface area contributed by atoms with E-state index < -0.39 is 12.1 Å². The maximum Gasteiger partial charge on any atom is 0.333 e. The number of rotatable bonds is 11. The molecule has 0 saturated heterocycles. The lowest BCUT2D eigenvalue weighted by Crippen LogP contribution is -2.24. The lowest BCUT2D eigenvalue weighted by molar-refractivity contribution is -0.148. The predicted molar refractivity (Wildman–Crippen MR) is 120 cm³/mol. The third-order valence-corrected chi connectivity index (χ3v) is 4.88. The van der Waals surface area contributed by atoms with E-state index in [4.69, 9.17) is 19.3 Å². The summed E-state index contributed by atoms with van der Waals surface area (Å²) in [5.74, 6) is 0.297. The number of carbonyl (C=O) groups is 2. The van der Waals surface area contributed by atoms with Gasteiger partial charge in [0.05, 0.1) is 0 Å². The van der Waals surface area contributed by atoms with Crippen LogP contribution in [0.2, 0.25) is 0 Å². The summed E-state index contributed by atoms with van der Waals surface area (Å²) in [5.41, 5.74) is 2.10. The van der Waals surface area contributed by atoms with Crippen molar-refractivity contribution in [1.29, 1.82) is 0 Å². The predicted octanol–water partition coefficient (Wildman–Crippen LogP) is 4.41. The van der Waals surface area contributed by atoms with Gasteiger partial charge in [-0.1, -0.05) is 42.5 Å². The number of benzene rings is 3. The van der Waals surface area contributed by atoms with Crippen LogP contribution in [0.25, 0.3) is 0 Å². The van der Waals surface area contributed by atoms with Crippen LogP contribution in [0.15, 0.2) is 78.9 Å². The van der Waals surface area contributed by atoms with Crippen molar-refractivity contribution in [2.75, 3.05) is 13.7 Å². The second kappa shape index (κ2) is 11.1. The molecule has 0 fully saturated rings. The molecule has 0 spiro atoms. The van der Waals surface area contributed by atoms with Gasteiger partial charge in [-0.2, -0.15) is 0 Å². The molecule has 0 aliphatic heterocycles. The van der Waals surface area contributed by atoms with Crippen LogP contribution in [0, 0.1) is 0 Å². The Kier molecular flexibility index (Phi) is 8.00. The summed E-state index contributed by atoms with van der Waals surface area (Å²) < 4.78 is 16.6. The molecule has 3 aromatic carbocycles. The van der Waals surface area contributed by atoms with Gasteiger partial charge >= 0.3 is 5.97 Å². The molecule has 3 aromatic rings. The molecule has 0 radical (unpaired) electrons.